The number of rotatable bonds is 22. The predicted octanol–water partition coefficient (Wildman–Crippen LogP) is -1.94. The van der Waals surface area contributed by atoms with Crippen molar-refractivity contribution < 1.29 is 48.6 Å². The molecule has 19 heteroatoms. The minimum Gasteiger partial charge on any atom is -0.508 e. The molecule has 11 N–H and O–H groups in total. The zero-order chi connectivity index (χ0) is 41.1. The Bertz CT molecular complexity index is 1640. The zero-order valence-electron chi connectivity index (χ0n) is 31.0. The van der Waals surface area contributed by atoms with E-state index in [9.17, 15) is 48.6 Å². The topological polar surface area (TPSA) is 287 Å². The van der Waals surface area contributed by atoms with Crippen molar-refractivity contribution in [2.24, 2.45) is 5.73 Å². The Balaban J connectivity index is 2.03. The lowest BCUT2D eigenvalue weighted by Gasteiger charge is -2.23. The van der Waals surface area contributed by atoms with E-state index < -0.39 is 96.7 Å². The smallest absolute Gasteiger partial charge is 0.326 e. The SMILES string of the molecule is CSCC[C@H](NC(=O)[C@H](Cc1ccccc1)NC(=O)CNC(=O)CNC(=O)[C@H](Cc1ccc(O)cc1)NC(=O)[C@H](C)NC(=O)[C@H](C)NC(=O)[C@H](C)N)C(=O)O. The lowest BCUT2D eigenvalue weighted by atomic mass is 10.0. The van der Waals surface area contributed by atoms with Crippen molar-refractivity contribution in [3.05, 3.63) is 65.7 Å². The van der Waals surface area contributed by atoms with Gasteiger partial charge in [-0.05, 0) is 62.5 Å². The second-order valence-electron chi connectivity index (χ2n) is 12.7. The van der Waals surface area contributed by atoms with Gasteiger partial charge in [0.25, 0.3) is 0 Å². The van der Waals surface area contributed by atoms with Gasteiger partial charge in [0.05, 0.1) is 19.1 Å². The number of hydrogen-bond acceptors (Lipinski definition) is 11. The Morgan fingerprint density at radius 2 is 1.13 bits per heavy atom. The Kier molecular flexibility index (Phi) is 19.2. The van der Waals surface area contributed by atoms with Crippen LogP contribution in [0.15, 0.2) is 54.6 Å². The lowest BCUT2D eigenvalue weighted by Crippen LogP contribution is -2.57. The van der Waals surface area contributed by atoms with Gasteiger partial charge in [0.15, 0.2) is 0 Å². The van der Waals surface area contributed by atoms with Crippen molar-refractivity contribution >= 4 is 59.1 Å². The van der Waals surface area contributed by atoms with Crippen LogP contribution < -0.4 is 43.0 Å². The third kappa shape index (κ3) is 16.9. The summed E-state index contributed by atoms with van der Waals surface area (Å²) >= 11 is 1.42. The molecule has 0 saturated carbocycles. The first-order valence-electron chi connectivity index (χ1n) is 17.3. The highest BCUT2D eigenvalue weighted by atomic mass is 32.2. The van der Waals surface area contributed by atoms with Crippen molar-refractivity contribution in [2.45, 2.75) is 76.3 Å². The largest absolute Gasteiger partial charge is 0.508 e. The molecule has 2 rings (SSSR count). The number of aliphatic carboxylic acids is 1. The van der Waals surface area contributed by atoms with Gasteiger partial charge in [-0.25, -0.2) is 4.79 Å². The van der Waals surface area contributed by atoms with E-state index in [1.165, 1.54) is 56.8 Å². The summed E-state index contributed by atoms with van der Waals surface area (Å²) in [4.78, 5) is 101. The monoisotopic (exact) mass is 786 g/mol. The summed E-state index contributed by atoms with van der Waals surface area (Å²) in [5, 5.41) is 36.3. The number of carboxylic acids is 1. The molecule has 0 bridgehead atoms. The van der Waals surface area contributed by atoms with E-state index in [2.05, 4.69) is 37.2 Å². The highest BCUT2D eigenvalue weighted by molar-refractivity contribution is 7.98. The van der Waals surface area contributed by atoms with E-state index in [0.717, 1.165) is 0 Å². The fourth-order valence-electron chi connectivity index (χ4n) is 4.79. The first-order chi connectivity index (χ1) is 26.0. The molecule has 0 spiro atoms. The van der Waals surface area contributed by atoms with Gasteiger partial charge in [0.1, 0.15) is 36.0 Å². The first-order valence-corrected chi connectivity index (χ1v) is 18.7. The highest BCUT2D eigenvalue weighted by Gasteiger charge is 2.29. The van der Waals surface area contributed by atoms with Gasteiger partial charge >= 0.3 is 5.97 Å². The Labute approximate surface area is 322 Å². The average molecular weight is 787 g/mol. The summed E-state index contributed by atoms with van der Waals surface area (Å²) in [5.41, 5.74) is 6.74. The van der Waals surface area contributed by atoms with Crippen LogP contribution in [0.25, 0.3) is 0 Å². The molecule has 18 nitrogen and oxygen atoms in total. The normalized spacial score (nSPS) is 14.0. The minimum absolute atomic E-state index is 0.0290. The maximum atomic E-state index is 13.3. The first kappa shape index (κ1) is 45.5. The molecule has 6 atom stereocenters. The summed E-state index contributed by atoms with van der Waals surface area (Å²) in [6.45, 7) is 3.01. The van der Waals surface area contributed by atoms with E-state index in [1.54, 1.807) is 36.6 Å². The Morgan fingerprint density at radius 1 is 0.618 bits per heavy atom. The number of nitrogens with one attached hydrogen (secondary N) is 7. The second-order valence-corrected chi connectivity index (χ2v) is 13.7. The van der Waals surface area contributed by atoms with Crippen molar-refractivity contribution in [3.8, 4) is 5.75 Å². The number of hydrogen-bond donors (Lipinski definition) is 10. The molecule has 0 unspecified atom stereocenters. The lowest BCUT2D eigenvalue weighted by molar-refractivity contribution is -0.142. The van der Waals surface area contributed by atoms with Gasteiger partial charge in [0, 0.05) is 12.8 Å². The summed E-state index contributed by atoms with van der Waals surface area (Å²) < 4.78 is 0. The third-order valence-corrected chi connectivity index (χ3v) is 8.60. The number of phenolic OH excluding ortho intramolecular Hbond substituents is 1. The Morgan fingerprint density at radius 3 is 1.69 bits per heavy atom. The number of phenols is 1. The quantitative estimate of drug-likeness (QED) is 0.0624. The molecule has 0 radical (unpaired) electrons. The second kappa shape index (κ2) is 23.2. The van der Waals surface area contributed by atoms with E-state index in [1.807, 2.05) is 0 Å². The maximum absolute atomic E-state index is 13.3. The maximum Gasteiger partial charge on any atom is 0.326 e. The Hall–Kier alpha value is -5.69. The highest BCUT2D eigenvalue weighted by Crippen LogP contribution is 2.12. The minimum atomic E-state index is -1.26. The molecular weight excluding hydrogens is 737 g/mol. The van der Waals surface area contributed by atoms with Gasteiger partial charge in [-0.1, -0.05) is 42.5 Å². The van der Waals surface area contributed by atoms with E-state index >= 15 is 0 Å². The van der Waals surface area contributed by atoms with Gasteiger partial charge in [-0.3, -0.25) is 33.6 Å². The summed E-state index contributed by atoms with van der Waals surface area (Å²) in [6, 6.07) is 7.91. The fraction of sp³-hybridized carbons (Fsp3) is 0.444. The van der Waals surface area contributed by atoms with Gasteiger partial charge in [0.2, 0.25) is 41.4 Å². The predicted molar refractivity (Wildman–Crippen MR) is 203 cm³/mol. The number of amides is 7. The molecule has 0 fully saturated rings. The standard InChI is InChI=1S/C36H50N8O10S/c1-20(37)31(48)40-21(2)32(49)41-22(3)33(50)44-27(17-24-10-12-25(45)13-11-24)34(51)39-18-29(46)38-19-30(47)42-28(16-23-8-6-5-7-9-23)35(52)43-26(36(53)54)14-15-55-4/h5-13,20-22,26-28,45H,14-19,37H2,1-4H3,(H,38,46)(H,39,51)(H,40,48)(H,41,49)(H,42,47)(H,43,52)(H,44,50)(H,53,54)/t20-,21-,22-,26-,27-,28-/m0/s1. The van der Waals surface area contributed by atoms with Gasteiger partial charge in [-0.2, -0.15) is 11.8 Å². The van der Waals surface area contributed by atoms with Crippen LogP contribution in [0.1, 0.15) is 38.3 Å². The van der Waals surface area contributed by atoms with Crippen LogP contribution in [0.2, 0.25) is 0 Å². The third-order valence-electron chi connectivity index (χ3n) is 7.96. The molecule has 55 heavy (non-hydrogen) atoms. The van der Waals surface area contributed by atoms with Crippen LogP contribution in [0, 0.1) is 0 Å². The van der Waals surface area contributed by atoms with Gasteiger partial charge < -0.3 is 53.2 Å². The molecule has 7 amide bonds. The molecule has 0 aliphatic carbocycles. The molecule has 0 aliphatic rings. The van der Waals surface area contributed by atoms with Crippen molar-refractivity contribution in [2.75, 3.05) is 25.1 Å². The summed E-state index contributed by atoms with van der Waals surface area (Å²) in [6.07, 6.45) is 1.93. The summed E-state index contributed by atoms with van der Waals surface area (Å²) in [7, 11) is 0. The molecule has 0 aromatic heterocycles. The van der Waals surface area contributed by atoms with Crippen LogP contribution >= 0.6 is 11.8 Å². The van der Waals surface area contributed by atoms with E-state index in [-0.39, 0.29) is 25.0 Å². The average Bonchev–Trinajstić information content (AvgIpc) is 3.14. The number of thioether (sulfide) groups is 1. The van der Waals surface area contributed by atoms with Crippen LogP contribution in [0.3, 0.4) is 0 Å². The number of nitrogens with two attached hydrogens (primary N) is 1. The summed E-state index contributed by atoms with van der Waals surface area (Å²) in [5.74, 6) is -5.83. The molecule has 0 aliphatic heterocycles. The molecule has 300 valence electrons. The number of carbonyl (C=O) groups excluding carboxylic acids is 7. The van der Waals surface area contributed by atoms with E-state index in [0.29, 0.717) is 16.9 Å². The van der Waals surface area contributed by atoms with Crippen LogP contribution in [0.4, 0.5) is 0 Å². The van der Waals surface area contributed by atoms with Crippen molar-refractivity contribution in [1.82, 2.24) is 37.2 Å². The van der Waals surface area contributed by atoms with Crippen molar-refractivity contribution in [3.63, 3.8) is 0 Å². The molecular formula is C36H50N8O10S. The molecule has 0 heterocycles. The van der Waals surface area contributed by atoms with Crippen LogP contribution in [-0.2, 0) is 51.2 Å². The van der Waals surface area contributed by atoms with E-state index in [4.69, 9.17) is 5.73 Å². The number of benzene rings is 2. The van der Waals surface area contributed by atoms with Gasteiger partial charge in [-0.15, -0.1) is 0 Å². The zero-order valence-corrected chi connectivity index (χ0v) is 31.9. The molecule has 2 aromatic rings. The molecule has 2 aromatic carbocycles. The molecule has 0 saturated heterocycles. The fourth-order valence-corrected chi connectivity index (χ4v) is 5.26. The van der Waals surface area contributed by atoms with Crippen LogP contribution in [-0.4, -0.2) is 119 Å². The number of carbonyl (C=O) groups is 8. The van der Waals surface area contributed by atoms with Crippen LogP contribution in [0.5, 0.6) is 5.75 Å². The van der Waals surface area contributed by atoms with Crippen molar-refractivity contribution in [1.29, 1.82) is 0 Å². The number of carboxylic acid groups (broad SMARTS) is 1. The number of aromatic hydroxyl groups is 1.